The molecule has 0 aliphatic carbocycles. The summed E-state index contributed by atoms with van der Waals surface area (Å²) in [5.41, 5.74) is 3.46. The van der Waals surface area contributed by atoms with Crippen LogP contribution in [0.2, 0.25) is 0 Å². The molecule has 1 aliphatic rings. The predicted octanol–water partition coefficient (Wildman–Crippen LogP) is 5.05. The first-order chi connectivity index (χ1) is 13.4. The monoisotopic (exact) mass is 401 g/mol. The van der Waals surface area contributed by atoms with E-state index < -0.39 is 11.6 Å². The molecule has 0 saturated carbocycles. The molecule has 7 heteroatoms. The van der Waals surface area contributed by atoms with E-state index in [0.717, 1.165) is 35.9 Å². The van der Waals surface area contributed by atoms with Crippen LogP contribution < -0.4 is 10.2 Å². The number of carbonyl (C=O) groups is 1. The number of aromatic nitrogens is 1. The zero-order valence-electron chi connectivity index (χ0n) is 15.8. The highest BCUT2D eigenvalue weighted by atomic mass is 32.1. The van der Waals surface area contributed by atoms with Crippen molar-refractivity contribution in [2.24, 2.45) is 5.92 Å². The van der Waals surface area contributed by atoms with Crippen molar-refractivity contribution in [3.63, 3.8) is 0 Å². The number of amides is 1. The smallest absolute Gasteiger partial charge is 0.227 e. The summed E-state index contributed by atoms with van der Waals surface area (Å²) in [7, 11) is 0. The quantitative estimate of drug-likeness (QED) is 0.668. The van der Waals surface area contributed by atoms with Gasteiger partial charge in [-0.3, -0.25) is 4.79 Å². The maximum atomic E-state index is 13.8. The van der Waals surface area contributed by atoms with Crippen LogP contribution in [0.4, 0.5) is 19.6 Å². The number of hydrogen-bond acceptors (Lipinski definition) is 4. The Hall–Kier alpha value is -2.54. The van der Waals surface area contributed by atoms with Crippen molar-refractivity contribution in [1.29, 1.82) is 0 Å². The van der Waals surface area contributed by atoms with E-state index in [4.69, 9.17) is 4.98 Å². The number of aryl methyl sites for hydroxylation is 2. The minimum atomic E-state index is -0.758. The molecule has 3 aromatic rings. The first-order valence-electron chi connectivity index (χ1n) is 9.29. The fourth-order valence-corrected chi connectivity index (χ4v) is 4.85. The summed E-state index contributed by atoms with van der Waals surface area (Å²) in [6.07, 6.45) is 1.34. The first kappa shape index (κ1) is 18.8. The van der Waals surface area contributed by atoms with Gasteiger partial charge in [0.05, 0.1) is 15.9 Å². The Bertz CT molecular complexity index is 1040. The van der Waals surface area contributed by atoms with Gasteiger partial charge in [-0.15, -0.1) is 0 Å². The standard InChI is InChI=1S/C21H21F2N3OS/c1-12-9-13(2)19-18(10-12)28-21(25-19)26-7-5-14(6-8-26)20(27)24-17-4-3-15(22)11-16(17)23/h3-4,9-11,14H,5-8H2,1-2H3,(H,24,27). The van der Waals surface area contributed by atoms with Gasteiger partial charge in [0.25, 0.3) is 0 Å². The van der Waals surface area contributed by atoms with Crippen LogP contribution in [0.25, 0.3) is 10.2 Å². The van der Waals surface area contributed by atoms with Crippen LogP contribution in [0.15, 0.2) is 30.3 Å². The van der Waals surface area contributed by atoms with Crippen molar-refractivity contribution in [3.05, 3.63) is 53.1 Å². The third kappa shape index (κ3) is 3.71. The van der Waals surface area contributed by atoms with Crippen LogP contribution in [-0.4, -0.2) is 24.0 Å². The minimum Gasteiger partial charge on any atom is -0.348 e. The van der Waals surface area contributed by atoms with E-state index in [9.17, 15) is 13.6 Å². The van der Waals surface area contributed by atoms with Crippen LogP contribution in [0.1, 0.15) is 24.0 Å². The highest BCUT2D eigenvalue weighted by molar-refractivity contribution is 7.22. The van der Waals surface area contributed by atoms with Gasteiger partial charge in [0.15, 0.2) is 5.13 Å². The fraction of sp³-hybridized carbons (Fsp3) is 0.333. The van der Waals surface area contributed by atoms with Crippen molar-refractivity contribution < 1.29 is 13.6 Å². The molecule has 0 atom stereocenters. The number of hydrogen-bond donors (Lipinski definition) is 1. The Morgan fingerprint density at radius 2 is 1.93 bits per heavy atom. The van der Waals surface area contributed by atoms with E-state index in [1.54, 1.807) is 11.3 Å². The molecule has 1 amide bonds. The third-order valence-corrected chi connectivity index (χ3v) is 6.21. The molecule has 0 unspecified atom stereocenters. The van der Waals surface area contributed by atoms with Gasteiger partial charge in [-0.1, -0.05) is 17.4 Å². The summed E-state index contributed by atoms with van der Waals surface area (Å²) in [6.45, 7) is 5.60. The summed E-state index contributed by atoms with van der Waals surface area (Å²) >= 11 is 1.68. The van der Waals surface area contributed by atoms with Gasteiger partial charge in [-0.25, -0.2) is 13.8 Å². The Kier molecular flexibility index (Phi) is 5.02. The Morgan fingerprint density at radius 1 is 1.18 bits per heavy atom. The molecule has 2 heterocycles. The fourth-order valence-electron chi connectivity index (χ4n) is 3.65. The number of benzene rings is 2. The van der Waals surface area contributed by atoms with Gasteiger partial charge in [-0.2, -0.15) is 0 Å². The second-order valence-corrected chi connectivity index (χ2v) is 8.31. The molecule has 1 aliphatic heterocycles. The maximum absolute atomic E-state index is 13.8. The largest absolute Gasteiger partial charge is 0.348 e. The SMILES string of the molecule is Cc1cc(C)c2nc(N3CCC(C(=O)Nc4ccc(F)cc4F)CC3)sc2c1. The van der Waals surface area contributed by atoms with Crippen molar-refractivity contribution in [3.8, 4) is 0 Å². The Labute approximate surface area is 166 Å². The normalized spacial score (nSPS) is 15.2. The van der Waals surface area contributed by atoms with Crippen LogP contribution >= 0.6 is 11.3 Å². The molecule has 28 heavy (non-hydrogen) atoms. The number of rotatable bonds is 3. The molecule has 1 aromatic heterocycles. The van der Waals surface area contributed by atoms with Gasteiger partial charge < -0.3 is 10.2 Å². The highest BCUT2D eigenvalue weighted by Gasteiger charge is 2.27. The molecule has 2 aromatic carbocycles. The molecule has 0 radical (unpaired) electrons. The van der Waals surface area contributed by atoms with Gasteiger partial charge in [-0.05, 0) is 56.0 Å². The number of carbonyl (C=O) groups excluding carboxylic acids is 1. The number of fused-ring (bicyclic) bond motifs is 1. The van der Waals surface area contributed by atoms with Crippen LogP contribution in [0.5, 0.6) is 0 Å². The van der Waals surface area contributed by atoms with Gasteiger partial charge in [0.2, 0.25) is 5.91 Å². The number of halogens is 2. The molecule has 4 nitrogen and oxygen atoms in total. The summed E-state index contributed by atoms with van der Waals surface area (Å²) < 4.78 is 27.9. The maximum Gasteiger partial charge on any atom is 0.227 e. The molecule has 4 rings (SSSR count). The number of thiazole rings is 1. The topological polar surface area (TPSA) is 45.2 Å². The molecule has 0 spiro atoms. The van der Waals surface area contributed by atoms with Crippen molar-refractivity contribution in [2.45, 2.75) is 26.7 Å². The van der Waals surface area contributed by atoms with E-state index in [1.807, 2.05) is 0 Å². The van der Waals surface area contributed by atoms with Crippen molar-refractivity contribution >= 4 is 38.3 Å². The van der Waals surface area contributed by atoms with Crippen molar-refractivity contribution in [1.82, 2.24) is 4.98 Å². The lowest BCUT2D eigenvalue weighted by molar-refractivity contribution is -0.120. The number of piperidine rings is 1. The summed E-state index contributed by atoms with van der Waals surface area (Å²) in [5, 5.41) is 3.56. The molecule has 1 saturated heterocycles. The number of nitrogens with zero attached hydrogens (tertiary/aromatic N) is 2. The van der Waals surface area contributed by atoms with E-state index in [1.165, 1.54) is 21.9 Å². The first-order valence-corrected chi connectivity index (χ1v) is 10.1. The van der Waals surface area contributed by atoms with Gasteiger partial charge >= 0.3 is 0 Å². The van der Waals surface area contributed by atoms with E-state index in [0.29, 0.717) is 12.8 Å². The average molecular weight is 401 g/mol. The summed E-state index contributed by atoms with van der Waals surface area (Å²) in [4.78, 5) is 19.5. The molecular formula is C21H21F2N3OS. The van der Waals surface area contributed by atoms with Crippen molar-refractivity contribution in [2.75, 3.05) is 23.3 Å². The second-order valence-electron chi connectivity index (χ2n) is 7.30. The Morgan fingerprint density at radius 3 is 2.64 bits per heavy atom. The minimum absolute atomic E-state index is 0.0193. The Balaban J connectivity index is 1.41. The zero-order chi connectivity index (χ0) is 19.8. The lowest BCUT2D eigenvalue weighted by atomic mass is 9.96. The van der Waals surface area contributed by atoms with E-state index in [-0.39, 0.29) is 17.5 Å². The number of anilines is 2. The summed E-state index contributed by atoms with van der Waals surface area (Å²) in [6, 6.07) is 7.45. The molecule has 1 fully saturated rings. The second kappa shape index (κ2) is 7.47. The average Bonchev–Trinajstić information content (AvgIpc) is 3.08. The highest BCUT2D eigenvalue weighted by Crippen LogP contribution is 2.33. The number of nitrogens with one attached hydrogen (secondary N) is 1. The van der Waals surface area contributed by atoms with E-state index >= 15 is 0 Å². The molecule has 1 N–H and O–H groups in total. The van der Waals surface area contributed by atoms with E-state index in [2.05, 4.69) is 36.2 Å². The molecule has 0 bridgehead atoms. The van der Waals surface area contributed by atoms with Gasteiger partial charge in [0.1, 0.15) is 11.6 Å². The predicted molar refractivity (Wildman–Crippen MR) is 109 cm³/mol. The van der Waals surface area contributed by atoms with Crippen LogP contribution in [0.3, 0.4) is 0 Å². The third-order valence-electron chi connectivity index (χ3n) is 5.14. The molecule has 146 valence electrons. The zero-order valence-corrected chi connectivity index (χ0v) is 16.6. The molecular weight excluding hydrogens is 380 g/mol. The lowest BCUT2D eigenvalue weighted by Gasteiger charge is -2.31. The summed E-state index contributed by atoms with van der Waals surface area (Å²) in [5.74, 6) is -1.84. The van der Waals surface area contributed by atoms with Gasteiger partial charge in [0, 0.05) is 25.1 Å². The van der Waals surface area contributed by atoms with Crippen LogP contribution in [0, 0.1) is 31.4 Å². The van der Waals surface area contributed by atoms with Crippen LogP contribution in [-0.2, 0) is 4.79 Å². The lowest BCUT2D eigenvalue weighted by Crippen LogP contribution is -2.38.